The van der Waals surface area contributed by atoms with Gasteiger partial charge in [-0.1, -0.05) is 19.3 Å². The fraction of sp³-hybridized carbons (Fsp3) is 0.273. The van der Waals surface area contributed by atoms with E-state index >= 15 is 0 Å². The number of fused-ring (bicyclic) bond motifs is 1. The summed E-state index contributed by atoms with van der Waals surface area (Å²) in [7, 11) is 0. The third kappa shape index (κ3) is 5.59. The van der Waals surface area contributed by atoms with Gasteiger partial charge in [0.25, 0.3) is 5.91 Å². The van der Waals surface area contributed by atoms with E-state index in [4.69, 9.17) is 11.5 Å². The number of aromatic nitrogens is 6. The van der Waals surface area contributed by atoms with Gasteiger partial charge in [0.05, 0.1) is 23.8 Å². The minimum absolute atomic E-state index is 0.00631. The molecular weight excluding hydrogens is 439 g/mol. The number of pyridine rings is 1. The van der Waals surface area contributed by atoms with Crippen molar-refractivity contribution in [2.75, 3.05) is 16.4 Å². The lowest BCUT2D eigenvalue weighted by atomic mass is 9.97. The van der Waals surface area contributed by atoms with Crippen LogP contribution in [-0.4, -0.2) is 41.5 Å². The van der Waals surface area contributed by atoms with Gasteiger partial charge in [0.15, 0.2) is 17.2 Å². The molecule has 4 heterocycles. The van der Waals surface area contributed by atoms with Gasteiger partial charge in [-0.2, -0.15) is 0 Å². The van der Waals surface area contributed by atoms with Crippen LogP contribution < -0.4 is 22.1 Å². The number of imidazole rings is 1. The molecule has 0 radical (unpaired) electrons. The van der Waals surface area contributed by atoms with E-state index < -0.39 is 11.7 Å². The summed E-state index contributed by atoms with van der Waals surface area (Å²) in [4.78, 5) is 28.3. The summed E-state index contributed by atoms with van der Waals surface area (Å²) in [5.74, 6) is -0.580. The Morgan fingerprint density at radius 3 is 2.53 bits per heavy atom. The second kappa shape index (κ2) is 10.6. The van der Waals surface area contributed by atoms with E-state index in [2.05, 4.69) is 35.7 Å². The Labute approximate surface area is 194 Å². The second-order valence-corrected chi connectivity index (χ2v) is 7.79. The predicted octanol–water partition coefficient (Wildman–Crippen LogP) is 2.91. The van der Waals surface area contributed by atoms with Gasteiger partial charge < -0.3 is 22.1 Å². The maximum absolute atomic E-state index is 13.7. The number of rotatable bonds is 4. The van der Waals surface area contributed by atoms with Crippen LogP contribution in [-0.2, 0) is 0 Å². The summed E-state index contributed by atoms with van der Waals surface area (Å²) in [6.07, 6.45) is 13.3. The highest BCUT2D eigenvalue weighted by Gasteiger charge is 2.18. The molecule has 0 aliphatic heterocycles. The van der Waals surface area contributed by atoms with Crippen LogP contribution in [0.25, 0.3) is 5.65 Å². The molecule has 1 amide bonds. The lowest BCUT2D eigenvalue weighted by Gasteiger charge is -2.15. The Kier molecular flexibility index (Phi) is 7.18. The number of halogens is 1. The van der Waals surface area contributed by atoms with Crippen molar-refractivity contribution in [3.63, 3.8) is 0 Å². The lowest BCUT2D eigenvalue weighted by Crippen LogP contribution is -2.22. The molecule has 12 heteroatoms. The number of nitrogens with one attached hydrogen (secondary N) is 2. The summed E-state index contributed by atoms with van der Waals surface area (Å²) >= 11 is 0. The number of anilines is 4. The molecule has 0 aromatic carbocycles. The maximum atomic E-state index is 13.7. The van der Waals surface area contributed by atoms with E-state index in [0.717, 1.165) is 6.20 Å². The monoisotopic (exact) mass is 464 g/mol. The van der Waals surface area contributed by atoms with Crippen molar-refractivity contribution in [3.05, 3.63) is 60.8 Å². The maximum Gasteiger partial charge on any atom is 0.276 e. The van der Waals surface area contributed by atoms with E-state index in [1.807, 2.05) is 0 Å². The standard InChI is InChI=1S/C16H12FN9O.C6H13N/c17-9-6-19-3-1-10(9)24-16(27)12-7-21-15-11(5-13(18)25-26(12)15)23-14-2-4-20-8-22-14;7-6-4-2-1-3-5-6/h1-8H,(H2,18,25)(H,19,24,27)(H,20,22,23);6H,1-5,7H2. The Morgan fingerprint density at radius 2 is 1.85 bits per heavy atom. The van der Waals surface area contributed by atoms with Crippen LogP contribution in [0.5, 0.6) is 0 Å². The van der Waals surface area contributed by atoms with Crippen molar-refractivity contribution in [2.45, 2.75) is 38.1 Å². The minimum atomic E-state index is -0.654. The molecule has 176 valence electrons. The van der Waals surface area contributed by atoms with Crippen LogP contribution in [0, 0.1) is 5.82 Å². The highest BCUT2D eigenvalue weighted by Crippen LogP contribution is 2.23. The summed E-state index contributed by atoms with van der Waals surface area (Å²) in [6, 6.07) is 5.11. The fourth-order valence-electron chi connectivity index (χ4n) is 3.53. The van der Waals surface area contributed by atoms with Crippen LogP contribution >= 0.6 is 0 Å². The van der Waals surface area contributed by atoms with Gasteiger partial charge in [-0.3, -0.25) is 9.78 Å². The average molecular weight is 465 g/mol. The molecule has 1 saturated carbocycles. The summed E-state index contributed by atoms with van der Waals surface area (Å²) in [5.41, 5.74) is 12.4. The molecule has 4 aromatic heterocycles. The molecule has 0 atom stereocenters. The third-order valence-corrected chi connectivity index (χ3v) is 5.23. The Balaban J connectivity index is 0.000000336. The van der Waals surface area contributed by atoms with Gasteiger partial charge >= 0.3 is 0 Å². The zero-order valence-corrected chi connectivity index (χ0v) is 18.4. The van der Waals surface area contributed by atoms with Crippen LogP contribution in [0.4, 0.5) is 27.4 Å². The van der Waals surface area contributed by atoms with E-state index in [9.17, 15) is 9.18 Å². The first-order chi connectivity index (χ1) is 16.5. The molecule has 1 aliphatic rings. The number of hydrogen-bond acceptors (Lipinski definition) is 9. The Hall–Kier alpha value is -4.19. The summed E-state index contributed by atoms with van der Waals surface area (Å²) in [5, 5.41) is 9.62. The van der Waals surface area contributed by atoms with Crippen molar-refractivity contribution in [3.8, 4) is 0 Å². The summed E-state index contributed by atoms with van der Waals surface area (Å²) < 4.78 is 15.0. The van der Waals surface area contributed by atoms with Gasteiger partial charge in [-0.25, -0.2) is 23.9 Å². The average Bonchev–Trinajstić information content (AvgIpc) is 3.26. The molecule has 1 aliphatic carbocycles. The lowest BCUT2D eigenvalue weighted by molar-refractivity contribution is 0.102. The molecule has 0 saturated heterocycles. The first-order valence-electron chi connectivity index (χ1n) is 10.8. The SMILES string of the molecule is NC1CCCCC1.Nc1cc(Nc2ccncn2)c2ncc(C(=O)Nc3ccncc3F)n2n1. The van der Waals surface area contributed by atoms with Crippen molar-refractivity contribution in [1.29, 1.82) is 0 Å². The zero-order chi connectivity index (χ0) is 23.9. The first kappa shape index (κ1) is 23.0. The molecule has 0 spiro atoms. The molecule has 4 aromatic rings. The van der Waals surface area contributed by atoms with E-state index in [1.54, 1.807) is 18.3 Å². The number of nitrogens with zero attached hydrogens (tertiary/aromatic N) is 6. The van der Waals surface area contributed by atoms with Crippen LogP contribution in [0.1, 0.15) is 42.6 Å². The number of nitrogens with two attached hydrogens (primary N) is 2. The van der Waals surface area contributed by atoms with Crippen molar-refractivity contribution < 1.29 is 9.18 Å². The number of carbonyl (C=O) groups is 1. The second-order valence-electron chi connectivity index (χ2n) is 7.79. The molecule has 11 nitrogen and oxygen atoms in total. The number of hydrogen-bond donors (Lipinski definition) is 4. The number of amides is 1. The highest BCUT2D eigenvalue weighted by molar-refractivity contribution is 6.03. The quantitative estimate of drug-likeness (QED) is 0.356. The van der Waals surface area contributed by atoms with Crippen molar-refractivity contribution in [2.24, 2.45) is 5.73 Å². The number of nitrogen functional groups attached to an aromatic ring is 1. The Bertz CT molecular complexity index is 1260. The van der Waals surface area contributed by atoms with Crippen LogP contribution in [0.15, 0.2) is 49.3 Å². The van der Waals surface area contributed by atoms with Gasteiger partial charge in [-0.15, -0.1) is 5.10 Å². The molecule has 5 rings (SSSR count). The van der Waals surface area contributed by atoms with E-state index in [1.165, 1.54) is 61.4 Å². The molecular formula is C22H25FN10O. The predicted molar refractivity (Wildman–Crippen MR) is 126 cm³/mol. The normalized spacial score (nSPS) is 13.7. The van der Waals surface area contributed by atoms with Crippen molar-refractivity contribution in [1.82, 2.24) is 29.5 Å². The topological polar surface area (TPSA) is 162 Å². The minimum Gasteiger partial charge on any atom is -0.382 e. The molecule has 0 unspecified atom stereocenters. The number of carbonyl (C=O) groups excluding carboxylic acids is 1. The molecule has 6 N–H and O–H groups in total. The fourth-order valence-corrected chi connectivity index (χ4v) is 3.53. The van der Waals surface area contributed by atoms with Crippen molar-refractivity contribution >= 4 is 34.6 Å². The van der Waals surface area contributed by atoms with Gasteiger partial charge in [0, 0.05) is 24.5 Å². The van der Waals surface area contributed by atoms with Gasteiger partial charge in [0.1, 0.15) is 18.0 Å². The molecule has 0 bridgehead atoms. The Morgan fingerprint density at radius 1 is 1.06 bits per heavy atom. The van der Waals surface area contributed by atoms with E-state index in [-0.39, 0.29) is 17.2 Å². The van der Waals surface area contributed by atoms with Crippen LogP contribution in [0.2, 0.25) is 0 Å². The molecule has 1 fully saturated rings. The van der Waals surface area contributed by atoms with Crippen LogP contribution in [0.3, 0.4) is 0 Å². The van der Waals surface area contributed by atoms with Gasteiger partial charge in [-0.05, 0) is 25.0 Å². The highest BCUT2D eigenvalue weighted by atomic mass is 19.1. The third-order valence-electron chi connectivity index (χ3n) is 5.23. The molecule has 34 heavy (non-hydrogen) atoms. The van der Waals surface area contributed by atoms with E-state index in [0.29, 0.717) is 23.2 Å². The van der Waals surface area contributed by atoms with Gasteiger partial charge in [0.2, 0.25) is 0 Å². The largest absolute Gasteiger partial charge is 0.382 e. The summed E-state index contributed by atoms with van der Waals surface area (Å²) in [6.45, 7) is 0. The zero-order valence-electron chi connectivity index (χ0n) is 18.4. The first-order valence-corrected chi connectivity index (χ1v) is 10.8. The smallest absolute Gasteiger partial charge is 0.276 e.